The lowest BCUT2D eigenvalue weighted by molar-refractivity contribution is -0.384. The first-order valence-electron chi connectivity index (χ1n) is 7.66. The van der Waals surface area contributed by atoms with E-state index < -0.39 is 10.8 Å². The summed E-state index contributed by atoms with van der Waals surface area (Å²) in [5.74, 6) is -0.880. The number of benzene rings is 2. The first-order valence-corrected chi connectivity index (χ1v) is 8.04. The monoisotopic (exact) mass is 375 g/mol. The maximum Gasteiger partial charge on any atom is 0.269 e. The van der Waals surface area contributed by atoms with E-state index in [1.54, 1.807) is 6.07 Å². The van der Waals surface area contributed by atoms with Gasteiger partial charge in [-0.2, -0.15) is 0 Å². The van der Waals surface area contributed by atoms with Crippen molar-refractivity contribution in [1.82, 2.24) is 0 Å². The van der Waals surface area contributed by atoms with Gasteiger partial charge in [-0.25, -0.2) is 0 Å². The van der Waals surface area contributed by atoms with Gasteiger partial charge in [0.05, 0.1) is 10.5 Å². The highest BCUT2D eigenvalue weighted by molar-refractivity contribution is 6.31. The second kappa shape index (κ2) is 7.01. The van der Waals surface area contributed by atoms with Crippen molar-refractivity contribution in [1.29, 1.82) is 0 Å². The van der Waals surface area contributed by atoms with Gasteiger partial charge < -0.3 is 15.4 Å². The van der Waals surface area contributed by atoms with Gasteiger partial charge in [0.25, 0.3) is 17.5 Å². The Morgan fingerprint density at radius 1 is 1.27 bits per heavy atom. The predicted octanol–water partition coefficient (Wildman–Crippen LogP) is 2.32. The summed E-state index contributed by atoms with van der Waals surface area (Å²) in [5, 5.41) is 11.2. The molecule has 1 aliphatic rings. The van der Waals surface area contributed by atoms with Crippen LogP contribution in [0.5, 0.6) is 5.75 Å². The molecule has 1 heterocycles. The molecule has 0 fully saturated rings. The number of nitrogens with zero attached hydrogens (tertiary/aromatic N) is 2. The SMILES string of the molecule is NC(=O)c1cc(Cl)ccc1OCC(=O)N1CCc2cc([N+](=O)[O-])ccc21. The number of amides is 2. The molecule has 9 heteroatoms. The number of fused-ring (bicyclic) bond motifs is 1. The van der Waals surface area contributed by atoms with E-state index in [1.807, 2.05) is 0 Å². The fourth-order valence-electron chi connectivity index (χ4n) is 2.80. The second-order valence-corrected chi connectivity index (χ2v) is 6.10. The Labute approximate surface area is 153 Å². The Balaban J connectivity index is 1.73. The molecule has 2 aromatic rings. The molecule has 0 aromatic heterocycles. The number of hydrogen-bond acceptors (Lipinski definition) is 5. The molecule has 0 spiro atoms. The molecule has 2 amide bonds. The van der Waals surface area contributed by atoms with E-state index in [2.05, 4.69) is 0 Å². The minimum atomic E-state index is -0.714. The third-order valence-electron chi connectivity index (χ3n) is 4.03. The van der Waals surface area contributed by atoms with Crippen LogP contribution in [0.4, 0.5) is 11.4 Å². The van der Waals surface area contributed by atoms with Crippen molar-refractivity contribution in [2.24, 2.45) is 5.73 Å². The lowest BCUT2D eigenvalue weighted by atomic mass is 10.1. The number of nitro groups is 1. The van der Waals surface area contributed by atoms with Crippen LogP contribution in [0.15, 0.2) is 36.4 Å². The van der Waals surface area contributed by atoms with E-state index >= 15 is 0 Å². The number of carbonyl (C=O) groups excluding carboxylic acids is 2. The van der Waals surface area contributed by atoms with Crippen LogP contribution in [-0.2, 0) is 11.2 Å². The second-order valence-electron chi connectivity index (χ2n) is 5.66. The Morgan fingerprint density at radius 3 is 2.73 bits per heavy atom. The first kappa shape index (κ1) is 17.7. The molecular weight excluding hydrogens is 362 g/mol. The molecule has 0 saturated heterocycles. The average molecular weight is 376 g/mol. The van der Waals surface area contributed by atoms with Crippen LogP contribution in [0, 0.1) is 10.1 Å². The summed E-state index contributed by atoms with van der Waals surface area (Å²) in [5.41, 5.74) is 6.71. The third-order valence-corrected chi connectivity index (χ3v) is 4.26. The van der Waals surface area contributed by atoms with E-state index in [9.17, 15) is 19.7 Å². The van der Waals surface area contributed by atoms with Gasteiger partial charge in [-0.3, -0.25) is 19.7 Å². The Morgan fingerprint density at radius 2 is 2.04 bits per heavy atom. The van der Waals surface area contributed by atoms with Gasteiger partial charge >= 0.3 is 0 Å². The molecule has 2 aromatic carbocycles. The highest BCUT2D eigenvalue weighted by atomic mass is 35.5. The van der Waals surface area contributed by atoms with Gasteiger partial charge in [-0.1, -0.05) is 11.6 Å². The van der Waals surface area contributed by atoms with Crippen LogP contribution < -0.4 is 15.4 Å². The summed E-state index contributed by atoms with van der Waals surface area (Å²) in [6.45, 7) is 0.0975. The predicted molar refractivity (Wildman–Crippen MR) is 94.6 cm³/mol. The summed E-state index contributed by atoms with van der Waals surface area (Å²) in [4.78, 5) is 35.8. The van der Waals surface area contributed by atoms with Crippen LogP contribution in [0.25, 0.3) is 0 Å². The van der Waals surface area contributed by atoms with Gasteiger partial charge in [-0.15, -0.1) is 0 Å². The maximum absolute atomic E-state index is 12.5. The molecule has 0 unspecified atom stereocenters. The van der Waals surface area contributed by atoms with Gasteiger partial charge in [0.2, 0.25) is 0 Å². The number of halogens is 1. The molecular formula is C17H14ClN3O5. The van der Waals surface area contributed by atoms with Crippen LogP contribution >= 0.6 is 11.6 Å². The molecule has 0 atom stereocenters. The zero-order valence-electron chi connectivity index (χ0n) is 13.5. The quantitative estimate of drug-likeness (QED) is 0.635. The number of nitrogens with two attached hydrogens (primary N) is 1. The fraction of sp³-hybridized carbons (Fsp3) is 0.176. The Kier molecular flexibility index (Phi) is 4.77. The molecule has 0 bridgehead atoms. The minimum Gasteiger partial charge on any atom is -0.483 e. The molecule has 8 nitrogen and oxygen atoms in total. The van der Waals surface area contributed by atoms with Crippen LogP contribution in [-0.4, -0.2) is 29.9 Å². The number of primary amides is 1. The summed E-state index contributed by atoms with van der Waals surface area (Å²) in [6.07, 6.45) is 0.524. The smallest absolute Gasteiger partial charge is 0.269 e. The summed E-state index contributed by atoms with van der Waals surface area (Å²) >= 11 is 5.83. The van der Waals surface area contributed by atoms with Crippen molar-refractivity contribution in [2.45, 2.75) is 6.42 Å². The zero-order valence-corrected chi connectivity index (χ0v) is 14.2. The molecule has 26 heavy (non-hydrogen) atoms. The number of rotatable bonds is 5. The molecule has 3 rings (SSSR count). The third kappa shape index (κ3) is 3.45. The highest BCUT2D eigenvalue weighted by Gasteiger charge is 2.27. The van der Waals surface area contributed by atoms with Crippen LogP contribution in [0.2, 0.25) is 5.02 Å². The van der Waals surface area contributed by atoms with Crippen molar-refractivity contribution in [3.05, 3.63) is 62.7 Å². The van der Waals surface area contributed by atoms with E-state index in [-0.39, 0.29) is 29.5 Å². The van der Waals surface area contributed by atoms with E-state index in [1.165, 1.54) is 35.2 Å². The molecule has 134 valence electrons. The Bertz CT molecular complexity index is 915. The number of non-ortho nitro benzene ring substituents is 1. The number of nitro benzene ring substituents is 1. The number of carbonyl (C=O) groups is 2. The molecule has 1 aliphatic heterocycles. The van der Waals surface area contributed by atoms with E-state index in [4.69, 9.17) is 22.1 Å². The van der Waals surface area contributed by atoms with Gasteiger partial charge in [0, 0.05) is 29.4 Å². The standard InChI is InChI=1S/C17H14ClN3O5/c18-11-1-4-15(13(8-11)17(19)23)26-9-16(22)20-6-5-10-7-12(21(24)25)2-3-14(10)20/h1-4,7-8H,5-6,9H2,(H2,19,23). The number of ether oxygens (including phenoxy) is 1. The number of anilines is 1. The number of hydrogen-bond donors (Lipinski definition) is 1. The average Bonchev–Trinajstić information content (AvgIpc) is 3.03. The van der Waals surface area contributed by atoms with Gasteiger partial charge in [0.1, 0.15) is 5.75 Å². The summed E-state index contributed by atoms with van der Waals surface area (Å²) < 4.78 is 5.45. The molecule has 0 aliphatic carbocycles. The Hall–Kier alpha value is -3.13. The van der Waals surface area contributed by atoms with Crippen LogP contribution in [0.3, 0.4) is 0 Å². The lowest BCUT2D eigenvalue weighted by Crippen LogP contribution is -2.33. The topological polar surface area (TPSA) is 116 Å². The van der Waals surface area contributed by atoms with E-state index in [0.717, 1.165) is 5.56 Å². The van der Waals surface area contributed by atoms with E-state index in [0.29, 0.717) is 23.7 Å². The van der Waals surface area contributed by atoms with Crippen LogP contribution in [0.1, 0.15) is 15.9 Å². The summed E-state index contributed by atoms with van der Waals surface area (Å²) in [6, 6.07) is 8.74. The largest absolute Gasteiger partial charge is 0.483 e. The van der Waals surface area contributed by atoms with Gasteiger partial charge in [-0.05, 0) is 36.2 Å². The van der Waals surface area contributed by atoms with Crippen molar-refractivity contribution in [3.8, 4) is 5.75 Å². The van der Waals surface area contributed by atoms with Crippen molar-refractivity contribution < 1.29 is 19.2 Å². The van der Waals surface area contributed by atoms with Crippen molar-refractivity contribution in [2.75, 3.05) is 18.1 Å². The highest BCUT2D eigenvalue weighted by Crippen LogP contribution is 2.31. The fourth-order valence-corrected chi connectivity index (χ4v) is 2.97. The molecule has 0 radical (unpaired) electrons. The molecule has 0 saturated carbocycles. The normalized spacial score (nSPS) is 12.6. The van der Waals surface area contributed by atoms with Gasteiger partial charge in [0.15, 0.2) is 6.61 Å². The molecule has 2 N–H and O–H groups in total. The van der Waals surface area contributed by atoms with Crippen molar-refractivity contribution >= 4 is 34.8 Å². The summed E-state index contributed by atoms with van der Waals surface area (Å²) in [7, 11) is 0. The minimum absolute atomic E-state index is 0.0124. The first-order chi connectivity index (χ1) is 12.4. The zero-order chi connectivity index (χ0) is 18.8. The lowest BCUT2D eigenvalue weighted by Gasteiger charge is -2.18. The maximum atomic E-state index is 12.5. The van der Waals surface area contributed by atoms with Crippen molar-refractivity contribution in [3.63, 3.8) is 0 Å².